The van der Waals surface area contributed by atoms with Crippen LogP contribution in [0.2, 0.25) is 5.02 Å². The number of halogens is 1. The molecular formula is C17H20ClN5O. The molecule has 0 bridgehead atoms. The Balaban J connectivity index is 1.40. The fraction of sp³-hybridized carbons (Fsp3) is 0.353. The molecule has 1 atom stereocenters. The molecule has 1 aliphatic rings. The highest BCUT2D eigenvalue weighted by molar-refractivity contribution is 6.30. The topological polar surface area (TPSA) is 70.2 Å². The summed E-state index contributed by atoms with van der Waals surface area (Å²) in [5, 5.41) is 6.69. The van der Waals surface area contributed by atoms with Crippen molar-refractivity contribution in [2.24, 2.45) is 5.92 Å². The number of nitrogens with one attached hydrogen (secondary N) is 2. The van der Waals surface area contributed by atoms with Crippen LogP contribution in [0.25, 0.3) is 0 Å². The zero-order chi connectivity index (χ0) is 16.8. The van der Waals surface area contributed by atoms with Gasteiger partial charge in [0.05, 0.1) is 11.6 Å². The number of amides is 1. The quantitative estimate of drug-likeness (QED) is 0.841. The number of rotatable bonds is 6. The van der Waals surface area contributed by atoms with Crippen LogP contribution in [0.3, 0.4) is 0 Å². The number of pyridine rings is 2. The van der Waals surface area contributed by atoms with Gasteiger partial charge in [0.25, 0.3) is 0 Å². The van der Waals surface area contributed by atoms with E-state index in [1.54, 1.807) is 18.3 Å². The third-order valence-electron chi connectivity index (χ3n) is 3.97. The SMILES string of the molecule is O=C(CN1CCC(CNc2ccccn2)C1)Nc1ccc(Cl)cn1. The highest BCUT2D eigenvalue weighted by atomic mass is 35.5. The molecule has 1 aliphatic heterocycles. The normalized spacial score (nSPS) is 17.6. The van der Waals surface area contributed by atoms with Crippen molar-refractivity contribution in [3.8, 4) is 0 Å². The first-order valence-corrected chi connectivity index (χ1v) is 8.35. The van der Waals surface area contributed by atoms with Gasteiger partial charge in [-0.05, 0) is 43.1 Å². The van der Waals surface area contributed by atoms with Crippen LogP contribution in [-0.2, 0) is 4.79 Å². The van der Waals surface area contributed by atoms with E-state index in [0.717, 1.165) is 31.9 Å². The lowest BCUT2D eigenvalue weighted by molar-refractivity contribution is -0.117. The van der Waals surface area contributed by atoms with Crippen molar-refractivity contribution in [2.75, 3.05) is 36.8 Å². The molecule has 0 spiro atoms. The molecule has 7 heteroatoms. The lowest BCUT2D eigenvalue weighted by Crippen LogP contribution is -2.32. The van der Waals surface area contributed by atoms with Gasteiger partial charge in [0.2, 0.25) is 5.91 Å². The van der Waals surface area contributed by atoms with E-state index in [0.29, 0.717) is 23.3 Å². The molecular weight excluding hydrogens is 326 g/mol. The smallest absolute Gasteiger partial charge is 0.239 e. The first-order valence-electron chi connectivity index (χ1n) is 7.98. The molecule has 2 aromatic rings. The Morgan fingerprint density at radius 2 is 2.17 bits per heavy atom. The number of aromatic nitrogens is 2. The molecule has 6 nitrogen and oxygen atoms in total. The number of nitrogens with zero attached hydrogens (tertiary/aromatic N) is 3. The van der Waals surface area contributed by atoms with Crippen LogP contribution < -0.4 is 10.6 Å². The van der Waals surface area contributed by atoms with E-state index >= 15 is 0 Å². The number of carbonyl (C=O) groups excluding carboxylic acids is 1. The van der Waals surface area contributed by atoms with Gasteiger partial charge >= 0.3 is 0 Å². The lowest BCUT2D eigenvalue weighted by atomic mass is 10.1. The van der Waals surface area contributed by atoms with Gasteiger partial charge in [-0.3, -0.25) is 9.69 Å². The summed E-state index contributed by atoms with van der Waals surface area (Å²) in [5.41, 5.74) is 0. The average Bonchev–Trinajstić information content (AvgIpc) is 3.03. The van der Waals surface area contributed by atoms with Crippen molar-refractivity contribution in [1.82, 2.24) is 14.9 Å². The predicted molar refractivity (Wildman–Crippen MR) is 95.2 cm³/mol. The number of hydrogen-bond acceptors (Lipinski definition) is 5. The van der Waals surface area contributed by atoms with Crippen LogP contribution in [-0.4, -0.2) is 47.0 Å². The maximum Gasteiger partial charge on any atom is 0.239 e. The van der Waals surface area contributed by atoms with E-state index in [1.807, 2.05) is 18.2 Å². The highest BCUT2D eigenvalue weighted by Gasteiger charge is 2.24. The molecule has 1 saturated heterocycles. The summed E-state index contributed by atoms with van der Waals surface area (Å²) in [6.45, 7) is 3.08. The van der Waals surface area contributed by atoms with Gasteiger partial charge in [0.15, 0.2) is 0 Å². The molecule has 3 heterocycles. The van der Waals surface area contributed by atoms with E-state index in [2.05, 4.69) is 25.5 Å². The second kappa shape index (κ2) is 8.08. The van der Waals surface area contributed by atoms with E-state index in [9.17, 15) is 4.79 Å². The second-order valence-corrected chi connectivity index (χ2v) is 6.33. The Kier molecular flexibility index (Phi) is 5.61. The zero-order valence-electron chi connectivity index (χ0n) is 13.3. The largest absolute Gasteiger partial charge is 0.370 e. The molecule has 1 unspecified atom stereocenters. The van der Waals surface area contributed by atoms with E-state index in [-0.39, 0.29) is 5.91 Å². The molecule has 2 aromatic heterocycles. The van der Waals surface area contributed by atoms with Crippen LogP contribution >= 0.6 is 11.6 Å². The van der Waals surface area contributed by atoms with Crippen molar-refractivity contribution in [2.45, 2.75) is 6.42 Å². The summed E-state index contributed by atoms with van der Waals surface area (Å²) < 4.78 is 0. The van der Waals surface area contributed by atoms with Crippen molar-refractivity contribution in [3.63, 3.8) is 0 Å². The molecule has 0 aromatic carbocycles. The predicted octanol–water partition coefficient (Wildman–Crippen LogP) is 2.50. The molecule has 0 radical (unpaired) electrons. The van der Waals surface area contributed by atoms with E-state index in [1.165, 1.54) is 6.20 Å². The standard InChI is InChI=1S/C17H20ClN5O/c18-14-4-5-16(21-10-14)22-17(24)12-23-8-6-13(11-23)9-20-15-3-1-2-7-19-15/h1-5,7,10,13H,6,8-9,11-12H2,(H,19,20)(H,21,22,24). The summed E-state index contributed by atoms with van der Waals surface area (Å²) in [6.07, 6.45) is 4.37. The Morgan fingerprint density at radius 1 is 1.25 bits per heavy atom. The van der Waals surface area contributed by atoms with Crippen LogP contribution in [0.5, 0.6) is 0 Å². The van der Waals surface area contributed by atoms with Gasteiger partial charge in [-0.1, -0.05) is 17.7 Å². The summed E-state index contributed by atoms with van der Waals surface area (Å²) in [5.74, 6) is 1.89. The molecule has 3 rings (SSSR count). The van der Waals surface area contributed by atoms with Gasteiger partial charge in [-0.2, -0.15) is 0 Å². The molecule has 1 fully saturated rings. The average molecular weight is 346 g/mol. The Hall–Kier alpha value is -2.18. The zero-order valence-corrected chi connectivity index (χ0v) is 14.0. The molecule has 24 heavy (non-hydrogen) atoms. The fourth-order valence-electron chi connectivity index (χ4n) is 2.77. The third-order valence-corrected chi connectivity index (χ3v) is 4.19. The first kappa shape index (κ1) is 16.7. The minimum atomic E-state index is -0.0526. The number of carbonyl (C=O) groups is 1. The number of hydrogen-bond donors (Lipinski definition) is 2. The third kappa shape index (κ3) is 4.91. The Morgan fingerprint density at radius 3 is 2.92 bits per heavy atom. The summed E-state index contributed by atoms with van der Waals surface area (Å²) in [6, 6.07) is 9.23. The Bertz CT molecular complexity index is 664. The minimum absolute atomic E-state index is 0.0526. The molecule has 126 valence electrons. The monoisotopic (exact) mass is 345 g/mol. The van der Waals surface area contributed by atoms with E-state index in [4.69, 9.17) is 11.6 Å². The van der Waals surface area contributed by atoms with Crippen molar-refractivity contribution in [3.05, 3.63) is 47.7 Å². The van der Waals surface area contributed by atoms with Crippen LogP contribution in [0.4, 0.5) is 11.6 Å². The van der Waals surface area contributed by atoms with Gasteiger partial charge < -0.3 is 10.6 Å². The molecule has 2 N–H and O–H groups in total. The highest BCUT2D eigenvalue weighted by Crippen LogP contribution is 2.17. The van der Waals surface area contributed by atoms with Gasteiger partial charge in [0.1, 0.15) is 11.6 Å². The lowest BCUT2D eigenvalue weighted by Gasteiger charge is -2.16. The maximum atomic E-state index is 12.1. The second-order valence-electron chi connectivity index (χ2n) is 5.90. The number of anilines is 2. The van der Waals surface area contributed by atoms with Crippen LogP contribution in [0, 0.1) is 5.92 Å². The van der Waals surface area contributed by atoms with E-state index < -0.39 is 0 Å². The molecule has 0 saturated carbocycles. The minimum Gasteiger partial charge on any atom is -0.370 e. The van der Waals surface area contributed by atoms with Gasteiger partial charge in [0, 0.05) is 25.5 Å². The molecule has 1 amide bonds. The van der Waals surface area contributed by atoms with Crippen molar-refractivity contribution < 1.29 is 4.79 Å². The first-order chi connectivity index (χ1) is 11.7. The fourth-order valence-corrected chi connectivity index (χ4v) is 2.89. The van der Waals surface area contributed by atoms with Crippen LogP contribution in [0.1, 0.15) is 6.42 Å². The van der Waals surface area contributed by atoms with Crippen molar-refractivity contribution >= 4 is 29.1 Å². The van der Waals surface area contributed by atoms with Crippen molar-refractivity contribution in [1.29, 1.82) is 0 Å². The Labute approximate surface area is 146 Å². The summed E-state index contributed by atoms with van der Waals surface area (Å²) in [7, 11) is 0. The molecule has 0 aliphatic carbocycles. The summed E-state index contributed by atoms with van der Waals surface area (Å²) >= 11 is 5.78. The summed E-state index contributed by atoms with van der Waals surface area (Å²) in [4.78, 5) is 22.6. The maximum absolute atomic E-state index is 12.1. The van der Waals surface area contributed by atoms with Crippen LogP contribution in [0.15, 0.2) is 42.7 Å². The van der Waals surface area contributed by atoms with Gasteiger partial charge in [-0.15, -0.1) is 0 Å². The van der Waals surface area contributed by atoms with Gasteiger partial charge in [-0.25, -0.2) is 9.97 Å². The number of likely N-dealkylation sites (tertiary alicyclic amines) is 1.